The summed E-state index contributed by atoms with van der Waals surface area (Å²) in [4.78, 5) is 25.3. The van der Waals surface area contributed by atoms with Gasteiger partial charge in [-0.3, -0.25) is 9.59 Å². The Labute approximate surface area is 143 Å². The standard InChI is InChI=1S/C16H14N2O4S2/c1-23-13-8-4-3-7-12(13)17-15(19)10-18-16(20)11-6-2-5-9-14(11)24(18,21)22/h2-9H,10H2,1H3,(H,17,19). The summed E-state index contributed by atoms with van der Waals surface area (Å²) >= 11 is 1.46. The predicted molar refractivity (Wildman–Crippen MR) is 91.5 cm³/mol. The maximum atomic E-state index is 12.4. The number of para-hydroxylation sites is 1. The zero-order valence-electron chi connectivity index (χ0n) is 12.7. The molecule has 1 aliphatic rings. The molecule has 8 heteroatoms. The fourth-order valence-electron chi connectivity index (χ4n) is 2.46. The number of sulfonamides is 1. The number of carbonyl (C=O) groups is 2. The highest BCUT2D eigenvalue weighted by molar-refractivity contribution is 7.98. The van der Waals surface area contributed by atoms with E-state index in [4.69, 9.17) is 0 Å². The van der Waals surface area contributed by atoms with Gasteiger partial charge in [-0.2, -0.15) is 0 Å². The van der Waals surface area contributed by atoms with Gasteiger partial charge in [0.1, 0.15) is 11.4 Å². The van der Waals surface area contributed by atoms with Gasteiger partial charge < -0.3 is 5.32 Å². The highest BCUT2D eigenvalue weighted by Gasteiger charge is 2.41. The monoisotopic (exact) mass is 362 g/mol. The zero-order valence-corrected chi connectivity index (χ0v) is 14.4. The van der Waals surface area contributed by atoms with Gasteiger partial charge in [-0.1, -0.05) is 24.3 Å². The number of anilines is 1. The van der Waals surface area contributed by atoms with E-state index in [-0.39, 0.29) is 10.5 Å². The first-order chi connectivity index (χ1) is 11.4. The van der Waals surface area contributed by atoms with Gasteiger partial charge in [-0.15, -0.1) is 11.8 Å². The van der Waals surface area contributed by atoms with E-state index in [1.165, 1.54) is 23.9 Å². The minimum atomic E-state index is -3.98. The van der Waals surface area contributed by atoms with E-state index in [1.807, 2.05) is 18.4 Å². The Balaban J connectivity index is 1.82. The molecule has 1 heterocycles. The second kappa shape index (κ2) is 6.29. The number of nitrogens with zero attached hydrogens (tertiary/aromatic N) is 1. The lowest BCUT2D eigenvalue weighted by Gasteiger charge is -2.15. The molecule has 2 aromatic carbocycles. The van der Waals surface area contributed by atoms with E-state index < -0.39 is 28.4 Å². The van der Waals surface area contributed by atoms with Crippen LogP contribution in [0, 0.1) is 0 Å². The second-order valence-corrected chi connectivity index (χ2v) is 7.74. The fourth-order valence-corrected chi connectivity index (χ4v) is 4.53. The molecule has 0 aromatic heterocycles. The molecule has 2 amide bonds. The molecule has 0 unspecified atom stereocenters. The number of carbonyl (C=O) groups excluding carboxylic acids is 2. The normalized spacial score (nSPS) is 15.2. The van der Waals surface area contributed by atoms with Crippen molar-refractivity contribution in [2.24, 2.45) is 0 Å². The first kappa shape index (κ1) is 16.5. The molecule has 1 N–H and O–H groups in total. The lowest BCUT2D eigenvalue weighted by molar-refractivity contribution is -0.116. The Kier molecular flexibility index (Phi) is 4.33. The first-order valence-electron chi connectivity index (χ1n) is 7.04. The van der Waals surface area contributed by atoms with Crippen LogP contribution < -0.4 is 5.32 Å². The molecule has 2 aromatic rings. The van der Waals surface area contributed by atoms with Crippen LogP contribution in [0.5, 0.6) is 0 Å². The maximum absolute atomic E-state index is 12.4. The number of hydrogen-bond donors (Lipinski definition) is 1. The van der Waals surface area contributed by atoms with E-state index in [0.29, 0.717) is 9.99 Å². The largest absolute Gasteiger partial charge is 0.323 e. The maximum Gasteiger partial charge on any atom is 0.269 e. The molecular formula is C16H14N2O4S2. The molecule has 24 heavy (non-hydrogen) atoms. The van der Waals surface area contributed by atoms with Gasteiger partial charge in [0.2, 0.25) is 5.91 Å². The van der Waals surface area contributed by atoms with Gasteiger partial charge in [-0.25, -0.2) is 12.7 Å². The summed E-state index contributed by atoms with van der Waals surface area (Å²) in [7, 11) is -3.98. The van der Waals surface area contributed by atoms with Crippen LogP contribution in [0.3, 0.4) is 0 Å². The molecule has 6 nitrogen and oxygen atoms in total. The number of nitrogens with one attached hydrogen (secondary N) is 1. The molecule has 3 rings (SSSR count). The lowest BCUT2D eigenvalue weighted by Crippen LogP contribution is -2.37. The topological polar surface area (TPSA) is 83.6 Å². The van der Waals surface area contributed by atoms with Crippen molar-refractivity contribution in [3.63, 3.8) is 0 Å². The van der Waals surface area contributed by atoms with Crippen LogP contribution in [0.25, 0.3) is 0 Å². The number of fused-ring (bicyclic) bond motifs is 1. The lowest BCUT2D eigenvalue weighted by atomic mass is 10.2. The molecule has 0 fully saturated rings. The number of benzene rings is 2. The third kappa shape index (κ3) is 2.78. The summed E-state index contributed by atoms with van der Waals surface area (Å²) < 4.78 is 25.5. The van der Waals surface area contributed by atoms with Crippen LogP contribution >= 0.6 is 11.8 Å². The van der Waals surface area contributed by atoms with Gasteiger partial charge in [0.15, 0.2) is 0 Å². The molecular weight excluding hydrogens is 348 g/mol. The Morgan fingerprint density at radius 1 is 1.12 bits per heavy atom. The smallest absolute Gasteiger partial charge is 0.269 e. The third-order valence-corrected chi connectivity index (χ3v) is 6.16. The Morgan fingerprint density at radius 3 is 2.50 bits per heavy atom. The number of rotatable bonds is 4. The number of hydrogen-bond acceptors (Lipinski definition) is 5. The molecule has 0 bridgehead atoms. The van der Waals surface area contributed by atoms with E-state index in [0.717, 1.165) is 4.90 Å². The van der Waals surface area contributed by atoms with Crippen LogP contribution in [-0.4, -0.2) is 37.3 Å². The highest BCUT2D eigenvalue weighted by atomic mass is 32.2. The SMILES string of the molecule is CSc1ccccc1NC(=O)CN1C(=O)c2ccccc2S1(=O)=O. The molecule has 0 atom stereocenters. The average Bonchev–Trinajstić information content (AvgIpc) is 2.77. The van der Waals surface area contributed by atoms with Crippen LogP contribution in [0.4, 0.5) is 5.69 Å². The minimum Gasteiger partial charge on any atom is -0.323 e. The van der Waals surface area contributed by atoms with Crippen LogP contribution in [0.1, 0.15) is 10.4 Å². The molecule has 0 aliphatic carbocycles. The van der Waals surface area contributed by atoms with Gasteiger partial charge in [0.25, 0.3) is 15.9 Å². The zero-order chi connectivity index (χ0) is 17.3. The average molecular weight is 362 g/mol. The summed E-state index contributed by atoms with van der Waals surface area (Å²) in [6.45, 7) is -0.557. The predicted octanol–water partition coefficient (Wildman–Crippen LogP) is 2.19. The number of thioether (sulfide) groups is 1. The molecule has 124 valence electrons. The summed E-state index contributed by atoms with van der Waals surface area (Å²) in [6.07, 6.45) is 1.87. The van der Waals surface area contributed by atoms with Crippen molar-refractivity contribution in [3.05, 3.63) is 54.1 Å². The molecule has 0 saturated heterocycles. The molecule has 0 spiro atoms. The van der Waals surface area contributed by atoms with Gasteiger partial charge >= 0.3 is 0 Å². The van der Waals surface area contributed by atoms with Crippen molar-refractivity contribution in [1.29, 1.82) is 0 Å². The minimum absolute atomic E-state index is 0.0627. The van der Waals surface area contributed by atoms with Crippen molar-refractivity contribution in [1.82, 2.24) is 4.31 Å². The van der Waals surface area contributed by atoms with E-state index >= 15 is 0 Å². The number of amides is 2. The molecule has 1 aliphatic heterocycles. The van der Waals surface area contributed by atoms with Crippen LogP contribution in [0.2, 0.25) is 0 Å². The third-order valence-electron chi connectivity index (χ3n) is 3.58. The van der Waals surface area contributed by atoms with Gasteiger partial charge in [0, 0.05) is 4.90 Å². The first-order valence-corrected chi connectivity index (χ1v) is 9.70. The van der Waals surface area contributed by atoms with E-state index in [2.05, 4.69) is 5.32 Å². The molecule has 0 radical (unpaired) electrons. The van der Waals surface area contributed by atoms with E-state index in [1.54, 1.807) is 24.3 Å². The summed E-state index contributed by atoms with van der Waals surface area (Å²) in [6, 6.07) is 13.1. The Hall–Kier alpha value is -2.32. The second-order valence-electron chi connectivity index (χ2n) is 5.06. The highest BCUT2D eigenvalue weighted by Crippen LogP contribution is 2.30. The van der Waals surface area contributed by atoms with Crippen LogP contribution in [-0.2, 0) is 14.8 Å². The molecule has 0 saturated carbocycles. The van der Waals surface area contributed by atoms with Crippen molar-refractivity contribution in [2.45, 2.75) is 9.79 Å². The van der Waals surface area contributed by atoms with E-state index in [9.17, 15) is 18.0 Å². The Bertz CT molecular complexity index is 925. The summed E-state index contributed by atoms with van der Waals surface area (Å²) in [5.41, 5.74) is 0.673. The summed E-state index contributed by atoms with van der Waals surface area (Å²) in [5.74, 6) is -1.25. The van der Waals surface area contributed by atoms with Crippen LogP contribution in [0.15, 0.2) is 58.3 Å². The van der Waals surface area contributed by atoms with Crippen molar-refractivity contribution in [2.75, 3.05) is 18.1 Å². The quantitative estimate of drug-likeness (QED) is 0.843. The fraction of sp³-hybridized carbons (Fsp3) is 0.125. The van der Waals surface area contributed by atoms with Crippen molar-refractivity contribution < 1.29 is 18.0 Å². The van der Waals surface area contributed by atoms with Gasteiger partial charge in [0.05, 0.1) is 11.3 Å². The van der Waals surface area contributed by atoms with Crippen molar-refractivity contribution >= 4 is 39.3 Å². The summed E-state index contributed by atoms with van der Waals surface area (Å²) in [5, 5.41) is 2.66. The van der Waals surface area contributed by atoms with Crippen molar-refractivity contribution in [3.8, 4) is 0 Å². The van der Waals surface area contributed by atoms with Gasteiger partial charge in [-0.05, 0) is 30.5 Å². The Morgan fingerprint density at radius 2 is 1.79 bits per heavy atom.